The van der Waals surface area contributed by atoms with Gasteiger partial charge in [-0.3, -0.25) is 0 Å². The summed E-state index contributed by atoms with van der Waals surface area (Å²) in [5, 5.41) is 15.9. The molecular weight excluding hydrogens is 329 g/mol. The molecular formula is C17H10FN3O2S. The van der Waals surface area contributed by atoms with Gasteiger partial charge in [-0.25, -0.2) is 18.9 Å². The molecule has 118 valence electrons. The zero-order valence-corrected chi connectivity index (χ0v) is 13.0. The number of halogens is 1. The van der Waals surface area contributed by atoms with Crippen molar-refractivity contribution >= 4 is 28.3 Å². The van der Waals surface area contributed by atoms with Crippen molar-refractivity contribution in [3.63, 3.8) is 0 Å². The number of para-hydroxylation sites is 1. The van der Waals surface area contributed by atoms with Gasteiger partial charge < -0.3 is 5.11 Å². The minimum Gasteiger partial charge on any atom is -0.478 e. The van der Waals surface area contributed by atoms with Crippen molar-refractivity contribution < 1.29 is 14.3 Å². The topological polar surface area (TPSA) is 68.0 Å². The van der Waals surface area contributed by atoms with Gasteiger partial charge in [-0.2, -0.15) is 5.10 Å². The maximum absolute atomic E-state index is 14.1. The van der Waals surface area contributed by atoms with Gasteiger partial charge in [0.1, 0.15) is 11.5 Å². The summed E-state index contributed by atoms with van der Waals surface area (Å²) in [5.74, 6) is -1.53. The monoisotopic (exact) mass is 339 g/mol. The second kappa shape index (κ2) is 5.54. The summed E-state index contributed by atoms with van der Waals surface area (Å²) in [4.78, 5) is 17.0. The Morgan fingerprint density at radius 2 is 2.04 bits per heavy atom. The summed E-state index contributed by atoms with van der Waals surface area (Å²) < 4.78 is 15.4. The molecule has 4 rings (SSSR count). The van der Waals surface area contributed by atoms with Gasteiger partial charge in [-0.15, -0.1) is 11.3 Å². The Kier molecular flexibility index (Phi) is 3.35. The van der Waals surface area contributed by atoms with Crippen molar-refractivity contribution in [1.29, 1.82) is 0 Å². The van der Waals surface area contributed by atoms with Gasteiger partial charge in [0.25, 0.3) is 0 Å². The molecule has 0 atom stereocenters. The number of pyridine rings is 1. The van der Waals surface area contributed by atoms with Crippen LogP contribution in [0.3, 0.4) is 0 Å². The van der Waals surface area contributed by atoms with Gasteiger partial charge in [-0.1, -0.05) is 18.2 Å². The van der Waals surface area contributed by atoms with E-state index in [0.717, 1.165) is 4.88 Å². The van der Waals surface area contributed by atoms with Crippen LogP contribution < -0.4 is 0 Å². The van der Waals surface area contributed by atoms with Crippen molar-refractivity contribution in [2.45, 2.75) is 0 Å². The van der Waals surface area contributed by atoms with Crippen LogP contribution >= 0.6 is 11.3 Å². The van der Waals surface area contributed by atoms with E-state index in [4.69, 9.17) is 0 Å². The molecule has 0 unspecified atom stereocenters. The molecule has 0 saturated carbocycles. The normalized spacial score (nSPS) is 11.0. The Balaban J connectivity index is 2.04. The number of carboxylic acid groups (broad SMARTS) is 1. The van der Waals surface area contributed by atoms with Gasteiger partial charge >= 0.3 is 5.97 Å². The summed E-state index contributed by atoms with van der Waals surface area (Å²) in [6, 6.07) is 11.4. The standard InChI is InChI=1S/C17H10FN3O2S/c18-12-4-1-2-5-14(12)21-16-11(9-19-21)10(17(22)23)8-13(20-16)15-6-3-7-24-15/h1-9H,(H,22,23). The molecule has 0 spiro atoms. The number of aromatic nitrogens is 3. The van der Waals surface area contributed by atoms with Gasteiger partial charge in [0.05, 0.1) is 27.7 Å². The number of aromatic carboxylic acids is 1. The maximum Gasteiger partial charge on any atom is 0.336 e. The predicted octanol–water partition coefficient (Wildman–Crippen LogP) is 3.99. The molecule has 0 radical (unpaired) electrons. The zero-order chi connectivity index (χ0) is 16.7. The summed E-state index contributed by atoms with van der Waals surface area (Å²) in [6.07, 6.45) is 1.40. The van der Waals surface area contributed by atoms with Crippen molar-refractivity contribution in [3.8, 4) is 16.3 Å². The molecule has 24 heavy (non-hydrogen) atoms. The second-order valence-electron chi connectivity index (χ2n) is 5.08. The van der Waals surface area contributed by atoms with Crippen molar-refractivity contribution in [3.05, 3.63) is 65.4 Å². The average Bonchev–Trinajstić information content (AvgIpc) is 3.24. The first kappa shape index (κ1) is 14.5. The van der Waals surface area contributed by atoms with E-state index >= 15 is 0 Å². The first-order chi connectivity index (χ1) is 11.6. The first-order valence-electron chi connectivity index (χ1n) is 7.06. The summed E-state index contributed by atoms with van der Waals surface area (Å²) in [6.45, 7) is 0. The third kappa shape index (κ3) is 2.26. The minimum atomic E-state index is -1.08. The summed E-state index contributed by atoms with van der Waals surface area (Å²) >= 11 is 1.45. The van der Waals surface area contributed by atoms with E-state index in [1.165, 1.54) is 34.3 Å². The Hall–Kier alpha value is -3.06. The molecule has 0 saturated heterocycles. The quantitative estimate of drug-likeness (QED) is 0.613. The minimum absolute atomic E-state index is 0.0889. The van der Waals surface area contributed by atoms with E-state index in [9.17, 15) is 14.3 Å². The van der Waals surface area contributed by atoms with Crippen LogP contribution in [-0.4, -0.2) is 25.8 Å². The fourth-order valence-corrected chi connectivity index (χ4v) is 3.21. The van der Waals surface area contributed by atoms with Crippen LogP contribution in [0, 0.1) is 5.82 Å². The van der Waals surface area contributed by atoms with E-state index in [0.29, 0.717) is 16.7 Å². The molecule has 0 aliphatic carbocycles. The maximum atomic E-state index is 14.1. The highest BCUT2D eigenvalue weighted by Crippen LogP contribution is 2.29. The van der Waals surface area contributed by atoms with Crippen LogP contribution in [0.25, 0.3) is 27.3 Å². The molecule has 3 heterocycles. The molecule has 1 N–H and O–H groups in total. The number of nitrogens with zero attached hydrogens (tertiary/aromatic N) is 3. The molecule has 4 aromatic rings. The molecule has 0 aliphatic rings. The van der Waals surface area contributed by atoms with Crippen molar-refractivity contribution in [2.24, 2.45) is 0 Å². The Labute approximate surface area is 139 Å². The SMILES string of the molecule is O=C(O)c1cc(-c2cccs2)nc2c1cnn2-c1ccccc1F. The zero-order valence-electron chi connectivity index (χ0n) is 12.2. The lowest BCUT2D eigenvalue weighted by atomic mass is 10.1. The van der Waals surface area contributed by atoms with Crippen LogP contribution in [0.5, 0.6) is 0 Å². The highest BCUT2D eigenvalue weighted by molar-refractivity contribution is 7.13. The highest BCUT2D eigenvalue weighted by atomic mass is 32.1. The Morgan fingerprint density at radius 3 is 2.75 bits per heavy atom. The van der Waals surface area contributed by atoms with Crippen LogP contribution in [0.15, 0.2) is 54.0 Å². The molecule has 0 bridgehead atoms. The van der Waals surface area contributed by atoms with Crippen molar-refractivity contribution in [1.82, 2.24) is 14.8 Å². The number of hydrogen-bond donors (Lipinski definition) is 1. The predicted molar refractivity (Wildman–Crippen MR) is 89.1 cm³/mol. The first-order valence-corrected chi connectivity index (χ1v) is 7.94. The van der Waals surface area contributed by atoms with E-state index < -0.39 is 11.8 Å². The average molecular weight is 339 g/mol. The summed E-state index contributed by atoms with van der Waals surface area (Å²) in [5.41, 5.74) is 1.14. The molecule has 0 fully saturated rings. The van der Waals surface area contributed by atoms with Gasteiger partial charge in [0, 0.05) is 0 Å². The van der Waals surface area contributed by atoms with Crippen LogP contribution in [0.2, 0.25) is 0 Å². The van der Waals surface area contributed by atoms with Gasteiger partial charge in [0.2, 0.25) is 0 Å². The van der Waals surface area contributed by atoms with Crippen LogP contribution in [0.1, 0.15) is 10.4 Å². The van der Waals surface area contributed by atoms with Gasteiger partial charge in [0.15, 0.2) is 5.65 Å². The van der Waals surface area contributed by atoms with E-state index in [1.54, 1.807) is 18.2 Å². The van der Waals surface area contributed by atoms with E-state index in [2.05, 4.69) is 10.1 Å². The lowest BCUT2D eigenvalue weighted by Gasteiger charge is -2.06. The Bertz CT molecular complexity index is 1060. The molecule has 0 amide bonds. The molecule has 3 aromatic heterocycles. The fourth-order valence-electron chi connectivity index (χ4n) is 2.53. The number of thiophene rings is 1. The molecule has 0 aliphatic heterocycles. The number of carbonyl (C=O) groups is 1. The molecule has 5 nitrogen and oxygen atoms in total. The molecule has 7 heteroatoms. The van der Waals surface area contributed by atoms with E-state index in [1.807, 2.05) is 17.5 Å². The molecule has 1 aromatic carbocycles. The third-order valence-electron chi connectivity index (χ3n) is 3.63. The largest absolute Gasteiger partial charge is 0.478 e. The third-order valence-corrected chi connectivity index (χ3v) is 4.52. The fraction of sp³-hybridized carbons (Fsp3) is 0. The smallest absolute Gasteiger partial charge is 0.336 e. The van der Waals surface area contributed by atoms with Crippen molar-refractivity contribution in [2.75, 3.05) is 0 Å². The lowest BCUT2D eigenvalue weighted by molar-refractivity contribution is 0.0699. The summed E-state index contributed by atoms with van der Waals surface area (Å²) in [7, 11) is 0. The second-order valence-corrected chi connectivity index (χ2v) is 6.03. The van der Waals surface area contributed by atoms with Gasteiger partial charge in [-0.05, 0) is 29.6 Å². The number of hydrogen-bond acceptors (Lipinski definition) is 4. The highest BCUT2D eigenvalue weighted by Gasteiger charge is 2.18. The number of benzene rings is 1. The van der Waals surface area contributed by atoms with Crippen LogP contribution in [0.4, 0.5) is 4.39 Å². The Morgan fingerprint density at radius 1 is 1.21 bits per heavy atom. The number of rotatable bonds is 3. The number of fused-ring (bicyclic) bond motifs is 1. The van der Waals surface area contributed by atoms with Crippen LogP contribution in [-0.2, 0) is 0 Å². The number of carboxylic acids is 1. The van der Waals surface area contributed by atoms with E-state index in [-0.39, 0.29) is 11.3 Å². The lowest BCUT2D eigenvalue weighted by Crippen LogP contribution is -2.03.